The number of aromatic nitrogens is 1. The van der Waals surface area contributed by atoms with Gasteiger partial charge in [-0.1, -0.05) is 6.07 Å². The lowest BCUT2D eigenvalue weighted by molar-refractivity contribution is -0.0401. The highest BCUT2D eigenvalue weighted by Gasteiger charge is 2.46. The van der Waals surface area contributed by atoms with Gasteiger partial charge in [0, 0.05) is 31.2 Å². The van der Waals surface area contributed by atoms with Crippen LogP contribution < -0.4 is 4.74 Å². The van der Waals surface area contributed by atoms with E-state index in [-0.39, 0.29) is 5.91 Å². The number of likely N-dealkylation sites (tertiary alicyclic amines) is 2. The molecule has 2 saturated heterocycles. The van der Waals surface area contributed by atoms with E-state index < -0.39 is 0 Å². The van der Waals surface area contributed by atoms with Crippen molar-refractivity contribution in [2.24, 2.45) is 0 Å². The van der Waals surface area contributed by atoms with Crippen molar-refractivity contribution in [1.82, 2.24) is 14.8 Å². The summed E-state index contributed by atoms with van der Waals surface area (Å²) in [5, 5.41) is 0. The molecule has 5 nitrogen and oxygen atoms in total. The highest BCUT2D eigenvalue weighted by atomic mass is 16.5. The first kappa shape index (κ1) is 11.5. The fourth-order valence-corrected chi connectivity index (χ4v) is 2.93. The van der Waals surface area contributed by atoms with Gasteiger partial charge in [0.1, 0.15) is 5.69 Å². The number of carbonyl (C=O) groups excluding carboxylic acids is 1. The highest BCUT2D eigenvalue weighted by Crippen LogP contribution is 2.32. The second kappa shape index (κ2) is 4.24. The van der Waals surface area contributed by atoms with E-state index in [0.717, 1.165) is 19.5 Å². The molecule has 1 aromatic rings. The number of pyridine rings is 1. The molecule has 0 spiro atoms. The first-order valence-corrected chi connectivity index (χ1v) is 6.21. The highest BCUT2D eigenvalue weighted by molar-refractivity contribution is 5.93. The number of amides is 1. The summed E-state index contributed by atoms with van der Waals surface area (Å²) in [5.74, 6) is 0.520. The number of rotatable bonds is 2. The van der Waals surface area contributed by atoms with Crippen LogP contribution in [0, 0.1) is 0 Å². The summed E-state index contributed by atoms with van der Waals surface area (Å²) in [5.41, 5.74) is 0.480. The fraction of sp³-hybridized carbons (Fsp3) is 0.538. The van der Waals surface area contributed by atoms with Crippen LogP contribution in [0.4, 0.5) is 0 Å². The maximum Gasteiger partial charge on any atom is 0.273 e. The molecule has 2 aliphatic rings. The minimum Gasteiger partial charge on any atom is -0.481 e. The molecule has 0 aliphatic carbocycles. The third-order valence-electron chi connectivity index (χ3n) is 3.76. The standard InChI is InChI=1S/C13H17N3O2/c1-15-7-9-6-10(8-15)16(9)13(17)11-4-3-5-12(14-11)18-2/h3-5,9-10H,6-8H2,1-2H3. The Kier molecular flexibility index (Phi) is 2.70. The number of ether oxygens (including phenoxy) is 1. The summed E-state index contributed by atoms with van der Waals surface area (Å²) >= 11 is 0. The number of fused-ring (bicyclic) bond motifs is 2. The minimum atomic E-state index is 0.0308. The van der Waals surface area contributed by atoms with E-state index in [9.17, 15) is 4.79 Å². The molecular weight excluding hydrogens is 230 g/mol. The van der Waals surface area contributed by atoms with Crippen LogP contribution in [0.1, 0.15) is 16.9 Å². The predicted octanol–water partition coefficient (Wildman–Crippen LogP) is 0.619. The molecular formula is C13H17N3O2. The molecule has 0 saturated carbocycles. The molecule has 2 atom stereocenters. The molecule has 3 rings (SSSR count). The average molecular weight is 247 g/mol. The smallest absolute Gasteiger partial charge is 0.273 e. The molecule has 2 unspecified atom stereocenters. The molecule has 2 fully saturated rings. The average Bonchev–Trinajstić information content (AvgIpc) is 2.38. The molecule has 1 amide bonds. The lowest BCUT2D eigenvalue weighted by Crippen LogP contribution is -2.69. The maximum absolute atomic E-state index is 12.4. The van der Waals surface area contributed by atoms with Crippen molar-refractivity contribution in [3.63, 3.8) is 0 Å². The van der Waals surface area contributed by atoms with E-state index in [2.05, 4.69) is 16.9 Å². The first-order chi connectivity index (χ1) is 8.69. The summed E-state index contributed by atoms with van der Waals surface area (Å²) in [6, 6.07) is 6.02. The summed E-state index contributed by atoms with van der Waals surface area (Å²) in [7, 11) is 3.66. The second-order valence-corrected chi connectivity index (χ2v) is 5.04. The predicted molar refractivity (Wildman–Crippen MR) is 66.6 cm³/mol. The van der Waals surface area contributed by atoms with Crippen LogP contribution in [-0.2, 0) is 0 Å². The zero-order valence-electron chi connectivity index (χ0n) is 10.7. The van der Waals surface area contributed by atoms with Crippen LogP contribution in [0.2, 0.25) is 0 Å². The summed E-state index contributed by atoms with van der Waals surface area (Å²) in [6.07, 6.45) is 1.13. The zero-order chi connectivity index (χ0) is 12.7. The van der Waals surface area contributed by atoms with Gasteiger partial charge in [-0.3, -0.25) is 4.79 Å². The number of methoxy groups -OCH3 is 1. The van der Waals surface area contributed by atoms with Crippen molar-refractivity contribution in [3.8, 4) is 5.88 Å². The monoisotopic (exact) mass is 247 g/mol. The Morgan fingerprint density at radius 2 is 2.11 bits per heavy atom. The molecule has 0 radical (unpaired) electrons. The lowest BCUT2D eigenvalue weighted by atomic mass is 9.87. The van der Waals surface area contributed by atoms with Gasteiger partial charge >= 0.3 is 0 Å². The summed E-state index contributed by atoms with van der Waals surface area (Å²) in [4.78, 5) is 20.9. The topological polar surface area (TPSA) is 45.7 Å². The Morgan fingerprint density at radius 1 is 1.39 bits per heavy atom. The van der Waals surface area contributed by atoms with Crippen molar-refractivity contribution >= 4 is 5.91 Å². The molecule has 0 aromatic carbocycles. The van der Waals surface area contributed by atoms with E-state index >= 15 is 0 Å². The number of hydrogen-bond acceptors (Lipinski definition) is 4. The third kappa shape index (κ3) is 1.75. The van der Waals surface area contributed by atoms with Crippen LogP contribution in [0.3, 0.4) is 0 Å². The van der Waals surface area contributed by atoms with E-state index in [0.29, 0.717) is 23.7 Å². The van der Waals surface area contributed by atoms with E-state index in [1.807, 2.05) is 4.90 Å². The fourth-order valence-electron chi connectivity index (χ4n) is 2.93. The van der Waals surface area contributed by atoms with Crippen molar-refractivity contribution in [1.29, 1.82) is 0 Å². The largest absolute Gasteiger partial charge is 0.481 e. The zero-order valence-corrected chi connectivity index (χ0v) is 10.7. The normalized spacial score (nSPS) is 26.7. The van der Waals surface area contributed by atoms with Crippen LogP contribution in [-0.4, -0.2) is 60.0 Å². The van der Waals surface area contributed by atoms with E-state index in [1.54, 1.807) is 25.3 Å². The minimum absolute atomic E-state index is 0.0308. The van der Waals surface area contributed by atoms with Crippen molar-refractivity contribution in [3.05, 3.63) is 23.9 Å². The van der Waals surface area contributed by atoms with Gasteiger partial charge < -0.3 is 14.5 Å². The maximum atomic E-state index is 12.4. The second-order valence-electron chi connectivity index (χ2n) is 5.04. The number of piperidine rings is 1. The Hall–Kier alpha value is -1.62. The van der Waals surface area contributed by atoms with Gasteiger partial charge in [0.15, 0.2) is 0 Å². The SMILES string of the molecule is COc1cccc(C(=O)N2C3CC2CN(C)C3)n1. The van der Waals surface area contributed by atoms with Gasteiger partial charge in [-0.2, -0.15) is 0 Å². The summed E-state index contributed by atoms with van der Waals surface area (Å²) in [6.45, 7) is 1.93. The Bertz CT molecular complexity index is 465. The van der Waals surface area contributed by atoms with E-state index in [4.69, 9.17) is 4.74 Å². The van der Waals surface area contributed by atoms with Gasteiger partial charge in [-0.15, -0.1) is 0 Å². The number of carbonyl (C=O) groups is 1. The molecule has 2 aliphatic heterocycles. The van der Waals surface area contributed by atoms with Gasteiger partial charge in [-0.05, 0) is 19.5 Å². The first-order valence-electron chi connectivity index (χ1n) is 6.21. The van der Waals surface area contributed by atoms with Crippen LogP contribution in [0.5, 0.6) is 5.88 Å². The third-order valence-corrected chi connectivity index (χ3v) is 3.76. The van der Waals surface area contributed by atoms with Gasteiger partial charge in [0.2, 0.25) is 5.88 Å². The molecule has 96 valence electrons. The molecule has 0 N–H and O–H groups in total. The number of hydrogen-bond donors (Lipinski definition) is 0. The van der Waals surface area contributed by atoms with Gasteiger partial charge in [0.05, 0.1) is 7.11 Å². The quantitative estimate of drug-likeness (QED) is 0.768. The van der Waals surface area contributed by atoms with E-state index in [1.165, 1.54) is 0 Å². The lowest BCUT2D eigenvalue weighted by Gasteiger charge is -2.55. The van der Waals surface area contributed by atoms with Gasteiger partial charge in [-0.25, -0.2) is 4.98 Å². The molecule has 5 heteroatoms. The Labute approximate surface area is 106 Å². The molecule has 1 aromatic heterocycles. The van der Waals surface area contributed by atoms with Crippen molar-refractivity contribution in [2.45, 2.75) is 18.5 Å². The number of piperazine rings is 1. The van der Waals surface area contributed by atoms with Crippen LogP contribution >= 0.6 is 0 Å². The van der Waals surface area contributed by atoms with Crippen LogP contribution in [0.25, 0.3) is 0 Å². The molecule has 3 heterocycles. The van der Waals surface area contributed by atoms with Crippen LogP contribution in [0.15, 0.2) is 18.2 Å². The molecule has 18 heavy (non-hydrogen) atoms. The Balaban J connectivity index is 1.79. The summed E-state index contributed by atoms with van der Waals surface area (Å²) < 4.78 is 5.06. The molecule has 2 bridgehead atoms. The van der Waals surface area contributed by atoms with Crippen molar-refractivity contribution < 1.29 is 9.53 Å². The Morgan fingerprint density at radius 3 is 2.78 bits per heavy atom. The van der Waals surface area contributed by atoms with Gasteiger partial charge in [0.25, 0.3) is 5.91 Å². The number of nitrogens with zero attached hydrogens (tertiary/aromatic N) is 3. The number of likely N-dealkylation sites (N-methyl/N-ethyl adjacent to an activating group) is 1. The van der Waals surface area contributed by atoms with Crippen molar-refractivity contribution in [2.75, 3.05) is 27.2 Å².